The van der Waals surface area contributed by atoms with Crippen LogP contribution in [-0.4, -0.2) is 19.5 Å². The van der Waals surface area contributed by atoms with Gasteiger partial charge < -0.3 is 4.57 Å². The summed E-state index contributed by atoms with van der Waals surface area (Å²) in [7, 11) is 0. The Hall–Kier alpha value is -1.46. The van der Waals surface area contributed by atoms with E-state index in [1.807, 2.05) is 17.8 Å². The van der Waals surface area contributed by atoms with Gasteiger partial charge >= 0.3 is 0 Å². The summed E-state index contributed by atoms with van der Waals surface area (Å²) in [6.07, 6.45) is 5.40. The van der Waals surface area contributed by atoms with E-state index in [1.165, 1.54) is 4.88 Å². The fourth-order valence-corrected chi connectivity index (χ4v) is 2.57. The van der Waals surface area contributed by atoms with Crippen molar-refractivity contribution in [3.05, 3.63) is 40.9 Å². The number of rotatable bonds is 3. The fourth-order valence-electron chi connectivity index (χ4n) is 1.79. The zero-order valence-electron chi connectivity index (χ0n) is 8.88. The first-order valence-electron chi connectivity index (χ1n) is 5.11. The maximum absolute atomic E-state index is 5.93. The smallest absolute Gasteiger partial charge is 0.125 e. The summed E-state index contributed by atoms with van der Waals surface area (Å²) in [6.45, 7) is 0.757. The van der Waals surface area contributed by atoms with Crippen LogP contribution in [0.2, 0.25) is 0 Å². The van der Waals surface area contributed by atoms with Crippen LogP contribution >= 0.6 is 22.9 Å². The average molecular weight is 265 g/mol. The number of pyridine rings is 1. The van der Waals surface area contributed by atoms with Crippen molar-refractivity contribution >= 4 is 34.0 Å². The van der Waals surface area contributed by atoms with E-state index < -0.39 is 0 Å². The lowest BCUT2D eigenvalue weighted by Crippen LogP contribution is -2.02. The minimum absolute atomic E-state index is 0.396. The van der Waals surface area contributed by atoms with Crippen LogP contribution in [0, 0.1) is 0 Å². The van der Waals surface area contributed by atoms with Crippen molar-refractivity contribution in [2.45, 2.75) is 12.4 Å². The van der Waals surface area contributed by atoms with E-state index in [9.17, 15) is 0 Å². The molecule has 0 aliphatic heterocycles. The van der Waals surface area contributed by atoms with Gasteiger partial charge in [-0.1, -0.05) is 0 Å². The Morgan fingerprint density at radius 3 is 3.00 bits per heavy atom. The molecular weight excluding hydrogens is 256 g/mol. The van der Waals surface area contributed by atoms with Crippen molar-refractivity contribution in [2.24, 2.45) is 0 Å². The number of thiazole rings is 1. The molecule has 3 heterocycles. The molecule has 0 N–H and O–H groups in total. The van der Waals surface area contributed by atoms with E-state index in [0.717, 1.165) is 23.4 Å². The molecule has 0 amide bonds. The van der Waals surface area contributed by atoms with E-state index in [0.29, 0.717) is 5.88 Å². The van der Waals surface area contributed by atoms with Gasteiger partial charge in [-0.2, -0.15) is 0 Å². The van der Waals surface area contributed by atoms with Crippen LogP contribution < -0.4 is 0 Å². The molecule has 86 valence electrons. The maximum Gasteiger partial charge on any atom is 0.125 e. The predicted octanol–water partition coefficient (Wildman–Crippen LogP) is 2.67. The highest BCUT2D eigenvalue weighted by Crippen LogP contribution is 2.19. The Kier molecular flexibility index (Phi) is 2.78. The highest BCUT2D eigenvalue weighted by Gasteiger charge is 2.10. The van der Waals surface area contributed by atoms with Crippen molar-refractivity contribution in [2.75, 3.05) is 0 Å². The lowest BCUT2D eigenvalue weighted by molar-refractivity contribution is 0.787. The van der Waals surface area contributed by atoms with Crippen molar-refractivity contribution in [3.8, 4) is 0 Å². The summed E-state index contributed by atoms with van der Waals surface area (Å²) in [5.74, 6) is 1.26. The zero-order chi connectivity index (χ0) is 11.7. The van der Waals surface area contributed by atoms with Gasteiger partial charge in [-0.05, 0) is 6.07 Å². The molecule has 0 bridgehead atoms. The summed E-state index contributed by atoms with van der Waals surface area (Å²) in [5, 5.41) is 0. The van der Waals surface area contributed by atoms with Gasteiger partial charge in [0, 0.05) is 17.3 Å². The molecule has 17 heavy (non-hydrogen) atoms. The third-order valence-corrected chi connectivity index (χ3v) is 3.55. The van der Waals surface area contributed by atoms with E-state index in [2.05, 4.69) is 19.5 Å². The second-order valence-corrected chi connectivity index (χ2v) is 4.82. The molecule has 0 fully saturated rings. The van der Waals surface area contributed by atoms with Crippen molar-refractivity contribution < 1.29 is 0 Å². The second kappa shape index (κ2) is 4.43. The van der Waals surface area contributed by atoms with Crippen LogP contribution in [0.15, 0.2) is 30.2 Å². The van der Waals surface area contributed by atoms with Gasteiger partial charge in [0.2, 0.25) is 0 Å². The molecule has 0 saturated carbocycles. The van der Waals surface area contributed by atoms with Gasteiger partial charge in [0.1, 0.15) is 11.3 Å². The van der Waals surface area contributed by atoms with Gasteiger partial charge in [0.15, 0.2) is 0 Å². The minimum atomic E-state index is 0.396. The molecule has 3 aromatic rings. The lowest BCUT2D eigenvalue weighted by Gasteiger charge is -2.04. The van der Waals surface area contributed by atoms with Crippen LogP contribution in [0.4, 0.5) is 0 Å². The Morgan fingerprint density at radius 2 is 2.24 bits per heavy atom. The number of nitrogens with zero attached hydrogens (tertiary/aromatic N) is 4. The Labute approximate surface area is 107 Å². The number of halogens is 1. The predicted molar refractivity (Wildman–Crippen MR) is 68.3 cm³/mol. The molecule has 6 heteroatoms. The Balaban J connectivity index is 2.12. The summed E-state index contributed by atoms with van der Waals surface area (Å²) in [4.78, 5) is 13.8. The van der Waals surface area contributed by atoms with Crippen molar-refractivity contribution in [3.63, 3.8) is 0 Å². The van der Waals surface area contributed by atoms with Crippen LogP contribution in [0.25, 0.3) is 11.0 Å². The molecule has 3 aromatic heterocycles. The molecule has 0 saturated heterocycles. The van der Waals surface area contributed by atoms with Crippen molar-refractivity contribution in [1.82, 2.24) is 19.5 Å². The third kappa shape index (κ3) is 1.92. The van der Waals surface area contributed by atoms with Gasteiger partial charge in [-0.25, -0.2) is 4.98 Å². The molecule has 0 aliphatic rings. The van der Waals surface area contributed by atoms with Crippen LogP contribution in [0.3, 0.4) is 0 Å². The first-order valence-corrected chi connectivity index (χ1v) is 6.52. The number of hydrogen-bond acceptors (Lipinski definition) is 4. The fraction of sp³-hybridized carbons (Fsp3) is 0.182. The summed E-state index contributed by atoms with van der Waals surface area (Å²) in [5.41, 5.74) is 3.77. The average Bonchev–Trinajstić information content (AvgIpc) is 2.98. The van der Waals surface area contributed by atoms with Gasteiger partial charge in [-0.3, -0.25) is 9.97 Å². The molecule has 0 aliphatic carbocycles. The topological polar surface area (TPSA) is 43.6 Å². The van der Waals surface area contributed by atoms with Gasteiger partial charge in [0.05, 0.1) is 29.6 Å². The highest BCUT2D eigenvalue weighted by atomic mass is 35.5. The quantitative estimate of drug-likeness (QED) is 0.683. The minimum Gasteiger partial charge on any atom is -0.321 e. The molecular formula is C11H9ClN4S. The Morgan fingerprint density at radius 1 is 1.29 bits per heavy atom. The normalized spacial score (nSPS) is 11.1. The molecule has 4 nitrogen and oxygen atoms in total. The molecule has 0 aromatic carbocycles. The molecule has 0 spiro atoms. The SMILES string of the molecule is ClCc1nc2cnccc2n1Cc1cncs1. The highest BCUT2D eigenvalue weighted by molar-refractivity contribution is 7.09. The third-order valence-electron chi connectivity index (χ3n) is 2.55. The van der Waals surface area contributed by atoms with Gasteiger partial charge in [0.25, 0.3) is 0 Å². The summed E-state index contributed by atoms with van der Waals surface area (Å²) in [6, 6.07) is 1.96. The monoisotopic (exact) mass is 264 g/mol. The number of hydrogen-bond donors (Lipinski definition) is 0. The van der Waals surface area contributed by atoms with E-state index in [-0.39, 0.29) is 0 Å². The van der Waals surface area contributed by atoms with E-state index >= 15 is 0 Å². The first kappa shape index (κ1) is 10.7. The molecule has 3 rings (SSSR count). The lowest BCUT2D eigenvalue weighted by atomic mass is 10.4. The first-order chi connectivity index (χ1) is 8.38. The number of aromatic nitrogens is 4. The van der Waals surface area contributed by atoms with Crippen LogP contribution in [0.5, 0.6) is 0 Å². The molecule has 0 atom stereocenters. The van der Waals surface area contributed by atoms with Crippen molar-refractivity contribution in [1.29, 1.82) is 0 Å². The van der Waals surface area contributed by atoms with Crippen LogP contribution in [0.1, 0.15) is 10.7 Å². The van der Waals surface area contributed by atoms with Gasteiger partial charge in [-0.15, -0.1) is 22.9 Å². The standard InChI is InChI=1S/C11H9ClN4S/c12-3-11-15-9-5-13-2-1-10(9)16(11)6-8-4-14-7-17-8/h1-2,4-5,7H,3,6H2. The molecule has 0 radical (unpaired) electrons. The largest absolute Gasteiger partial charge is 0.321 e. The maximum atomic E-state index is 5.93. The number of imidazole rings is 1. The van der Waals surface area contributed by atoms with E-state index in [4.69, 9.17) is 11.6 Å². The second-order valence-electron chi connectivity index (χ2n) is 3.58. The summed E-state index contributed by atoms with van der Waals surface area (Å²) < 4.78 is 2.11. The van der Waals surface area contributed by atoms with E-state index in [1.54, 1.807) is 23.7 Å². The summed E-state index contributed by atoms with van der Waals surface area (Å²) >= 11 is 7.56. The van der Waals surface area contributed by atoms with Crippen LogP contribution in [-0.2, 0) is 12.4 Å². The number of alkyl halides is 1. The zero-order valence-corrected chi connectivity index (χ0v) is 10.4. The molecule has 0 unspecified atom stereocenters. The Bertz CT molecular complexity index is 632. The number of fused-ring (bicyclic) bond motifs is 1.